The van der Waals surface area contributed by atoms with E-state index in [0.29, 0.717) is 16.3 Å². The Hall–Kier alpha value is -1.59. The standard InChI is InChI=1S/C15H17ClN2O2S/c1-2-3-4-9-12(19)17-18-15(20)14-13(16)10-7-5-6-8-11(10)21-14/h5-8H,2-4,9H2,1H3,(H,17,19)(H,18,20). The number of hydrogen-bond acceptors (Lipinski definition) is 3. The number of rotatable bonds is 5. The topological polar surface area (TPSA) is 58.2 Å². The molecule has 0 unspecified atom stereocenters. The van der Waals surface area contributed by atoms with Crippen molar-refractivity contribution in [2.24, 2.45) is 0 Å². The van der Waals surface area contributed by atoms with Crippen molar-refractivity contribution >= 4 is 44.8 Å². The van der Waals surface area contributed by atoms with E-state index in [-0.39, 0.29) is 11.8 Å². The normalized spacial score (nSPS) is 10.6. The Morgan fingerprint density at radius 1 is 1.19 bits per heavy atom. The molecule has 4 nitrogen and oxygen atoms in total. The lowest BCUT2D eigenvalue weighted by molar-refractivity contribution is -0.121. The average Bonchev–Trinajstić information content (AvgIpc) is 2.83. The number of carbonyl (C=O) groups excluding carboxylic acids is 2. The number of benzene rings is 1. The summed E-state index contributed by atoms with van der Waals surface area (Å²) in [6.45, 7) is 2.07. The van der Waals surface area contributed by atoms with Gasteiger partial charge in [0.15, 0.2) is 0 Å². The maximum Gasteiger partial charge on any atom is 0.281 e. The zero-order valence-electron chi connectivity index (χ0n) is 11.7. The summed E-state index contributed by atoms with van der Waals surface area (Å²) in [5.41, 5.74) is 4.84. The van der Waals surface area contributed by atoms with Crippen LogP contribution in [0.1, 0.15) is 42.3 Å². The number of fused-ring (bicyclic) bond motifs is 1. The van der Waals surface area contributed by atoms with Gasteiger partial charge in [-0.05, 0) is 12.5 Å². The highest BCUT2D eigenvalue weighted by atomic mass is 35.5. The van der Waals surface area contributed by atoms with Crippen molar-refractivity contribution in [2.75, 3.05) is 0 Å². The maximum atomic E-state index is 12.1. The molecule has 2 aromatic rings. The van der Waals surface area contributed by atoms with Crippen LogP contribution in [-0.4, -0.2) is 11.8 Å². The molecule has 0 radical (unpaired) electrons. The summed E-state index contributed by atoms with van der Waals surface area (Å²) in [6, 6.07) is 7.55. The van der Waals surface area contributed by atoms with Crippen molar-refractivity contribution in [1.82, 2.24) is 10.9 Å². The van der Waals surface area contributed by atoms with Gasteiger partial charge in [-0.3, -0.25) is 20.4 Å². The molecule has 0 aliphatic rings. The number of unbranched alkanes of at least 4 members (excludes halogenated alkanes) is 2. The number of carbonyl (C=O) groups is 2. The zero-order valence-corrected chi connectivity index (χ0v) is 13.3. The molecule has 0 saturated carbocycles. The molecule has 2 amide bonds. The Bertz CT molecular complexity index is 654. The second-order valence-corrected chi connectivity index (χ2v) is 6.13. The minimum atomic E-state index is -0.384. The zero-order chi connectivity index (χ0) is 15.2. The van der Waals surface area contributed by atoms with E-state index in [4.69, 9.17) is 11.6 Å². The molecule has 0 aliphatic heterocycles. The summed E-state index contributed by atoms with van der Waals surface area (Å²) in [5.74, 6) is -0.570. The molecular formula is C15H17ClN2O2S. The predicted molar refractivity (Wildman–Crippen MR) is 86.6 cm³/mol. The van der Waals surface area contributed by atoms with E-state index in [0.717, 1.165) is 29.3 Å². The van der Waals surface area contributed by atoms with E-state index in [2.05, 4.69) is 17.8 Å². The monoisotopic (exact) mass is 324 g/mol. The highest BCUT2D eigenvalue weighted by Crippen LogP contribution is 2.34. The fraction of sp³-hybridized carbons (Fsp3) is 0.333. The number of hydrazine groups is 1. The molecule has 0 atom stereocenters. The fourth-order valence-electron chi connectivity index (χ4n) is 1.94. The van der Waals surface area contributed by atoms with E-state index in [1.54, 1.807) is 0 Å². The van der Waals surface area contributed by atoms with E-state index in [1.807, 2.05) is 24.3 Å². The van der Waals surface area contributed by atoms with Crippen LogP contribution in [0.3, 0.4) is 0 Å². The van der Waals surface area contributed by atoms with Crippen LogP contribution in [0.15, 0.2) is 24.3 Å². The van der Waals surface area contributed by atoms with Crippen LogP contribution in [0.4, 0.5) is 0 Å². The van der Waals surface area contributed by atoms with Crippen LogP contribution in [0.2, 0.25) is 5.02 Å². The number of halogens is 1. The molecule has 21 heavy (non-hydrogen) atoms. The molecule has 0 saturated heterocycles. The smallest absolute Gasteiger partial charge is 0.273 e. The van der Waals surface area contributed by atoms with Crippen LogP contribution in [0.25, 0.3) is 10.1 Å². The molecule has 0 spiro atoms. The summed E-state index contributed by atoms with van der Waals surface area (Å²) in [6.07, 6.45) is 3.29. The Morgan fingerprint density at radius 2 is 1.95 bits per heavy atom. The molecule has 1 heterocycles. The molecule has 2 rings (SSSR count). The summed E-state index contributed by atoms with van der Waals surface area (Å²) in [4.78, 5) is 24.0. The summed E-state index contributed by atoms with van der Waals surface area (Å²) in [5, 5.41) is 1.27. The average molecular weight is 325 g/mol. The molecule has 0 aliphatic carbocycles. The third kappa shape index (κ3) is 3.95. The lowest BCUT2D eigenvalue weighted by Gasteiger charge is -2.06. The third-order valence-corrected chi connectivity index (χ3v) is 4.74. The Morgan fingerprint density at radius 3 is 2.67 bits per heavy atom. The second kappa shape index (κ2) is 7.43. The number of amides is 2. The maximum absolute atomic E-state index is 12.1. The number of nitrogens with one attached hydrogen (secondary N) is 2. The van der Waals surface area contributed by atoms with Gasteiger partial charge in [0.05, 0.1) is 5.02 Å². The third-order valence-electron chi connectivity index (χ3n) is 3.06. The molecule has 0 bridgehead atoms. The van der Waals surface area contributed by atoms with Crippen molar-refractivity contribution in [2.45, 2.75) is 32.6 Å². The van der Waals surface area contributed by atoms with Gasteiger partial charge < -0.3 is 0 Å². The lowest BCUT2D eigenvalue weighted by Crippen LogP contribution is -2.41. The van der Waals surface area contributed by atoms with Gasteiger partial charge in [-0.15, -0.1) is 11.3 Å². The predicted octanol–water partition coefficient (Wildman–Crippen LogP) is 3.90. The van der Waals surface area contributed by atoms with E-state index < -0.39 is 0 Å². The van der Waals surface area contributed by atoms with Gasteiger partial charge >= 0.3 is 0 Å². The first-order chi connectivity index (χ1) is 10.1. The van der Waals surface area contributed by atoms with Gasteiger partial charge in [0.25, 0.3) is 5.91 Å². The molecule has 2 N–H and O–H groups in total. The van der Waals surface area contributed by atoms with Crippen molar-refractivity contribution < 1.29 is 9.59 Å². The molecule has 1 aromatic carbocycles. The van der Waals surface area contributed by atoms with E-state index >= 15 is 0 Å². The first kappa shape index (κ1) is 15.8. The minimum absolute atomic E-state index is 0.186. The molecule has 0 fully saturated rings. The van der Waals surface area contributed by atoms with Crippen LogP contribution in [0, 0.1) is 0 Å². The SMILES string of the molecule is CCCCCC(=O)NNC(=O)c1sc2ccccc2c1Cl. The van der Waals surface area contributed by atoms with Crippen molar-refractivity contribution in [3.63, 3.8) is 0 Å². The highest BCUT2D eigenvalue weighted by molar-refractivity contribution is 7.21. The van der Waals surface area contributed by atoms with E-state index in [9.17, 15) is 9.59 Å². The summed E-state index contributed by atoms with van der Waals surface area (Å²) >= 11 is 7.52. The van der Waals surface area contributed by atoms with Crippen LogP contribution >= 0.6 is 22.9 Å². The Labute approximate surface area is 132 Å². The van der Waals surface area contributed by atoms with Crippen LogP contribution < -0.4 is 10.9 Å². The largest absolute Gasteiger partial charge is 0.281 e. The summed E-state index contributed by atoms with van der Waals surface area (Å²) in [7, 11) is 0. The first-order valence-electron chi connectivity index (χ1n) is 6.89. The van der Waals surface area contributed by atoms with Gasteiger partial charge in [-0.25, -0.2) is 0 Å². The van der Waals surface area contributed by atoms with Crippen molar-refractivity contribution in [3.8, 4) is 0 Å². The minimum Gasteiger partial charge on any atom is -0.273 e. The first-order valence-corrected chi connectivity index (χ1v) is 8.09. The van der Waals surface area contributed by atoms with Gasteiger partial charge in [0.2, 0.25) is 5.91 Å². The quantitative estimate of drug-likeness (QED) is 0.647. The molecule has 6 heteroatoms. The van der Waals surface area contributed by atoms with Crippen molar-refractivity contribution in [3.05, 3.63) is 34.2 Å². The molecular weight excluding hydrogens is 308 g/mol. The van der Waals surface area contributed by atoms with Crippen molar-refractivity contribution in [1.29, 1.82) is 0 Å². The van der Waals surface area contributed by atoms with Crippen LogP contribution in [-0.2, 0) is 4.79 Å². The van der Waals surface area contributed by atoms with Gasteiger partial charge in [-0.1, -0.05) is 49.6 Å². The number of hydrogen-bond donors (Lipinski definition) is 2. The summed E-state index contributed by atoms with van der Waals surface area (Å²) < 4.78 is 0.946. The van der Waals surface area contributed by atoms with Gasteiger partial charge in [0.1, 0.15) is 4.88 Å². The van der Waals surface area contributed by atoms with Gasteiger partial charge in [-0.2, -0.15) is 0 Å². The Kier molecular flexibility index (Phi) is 5.59. The fourth-order valence-corrected chi connectivity index (χ4v) is 3.35. The number of thiophene rings is 1. The highest BCUT2D eigenvalue weighted by Gasteiger charge is 2.17. The second-order valence-electron chi connectivity index (χ2n) is 4.70. The molecule has 112 valence electrons. The molecule has 1 aromatic heterocycles. The lowest BCUT2D eigenvalue weighted by atomic mass is 10.2. The Balaban J connectivity index is 1.96. The van der Waals surface area contributed by atoms with E-state index in [1.165, 1.54) is 11.3 Å². The van der Waals surface area contributed by atoms with Gasteiger partial charge in [0, 0.05) is 16.5 Å². The van der Waals surface area contributed by atoms with Crippen LogP contribution in [0.5, 0.6) is 0 Å².